The summed E-state index contributed by atoms with van der Waals surface area (Å²) in [4.78, 5) is 12.2. The molecule has 4 heteroatoms. The summed E-state index contributed by atoms with van der Waals surface area (Å²) in [5.74, 6) is 0.522. The first-order valence-corrected chi connectivity index (χ1v) is 7.20. The molecule has 0 aromatic heterocycles. The lowest BCUT2D eigenvalue weighted by molar-refractivity contribution is -0.127. The molecule has 1 aliphatic heterocycles. The van der Waals surface area contributed by atoms with Gasteiger partial charge in [0.05, 0.1) is 18.1 Å². The maximum Gasteiger partial charge on any atom is 0.226 e. The minimum Gasteiger partial charge on any atom is -0.508 e. The summed E-state index contributed by atoms with van der Waals surface area (Å²) in [6.07, 6.45) is 0.879. The van der Waals surface area contributed by atoms with E-state index in [2.05, 4.69) is 12.2 Å². The lowest BCUT2D eigenvalue weighted by atomic mass is 9.89. The molecule has 1 aliphatic rings. The summed E-state index contributed by atoms with van der Waals surface area (Å²) < 4.78 is 5.70. The van der Waals surface area contributed by atoms with Crippen LogP contribution in [0, 0.1) is 11.8 Å². The molecule has 4 nitrogen and oxygen atoms in total. The summed E-state index contributed by atoms with van der Waals surface area (Å²) in [5.41, 5.74) is 1.10. The van der Waals surface area contributed by atoms with Gasteiger partial charge in [0, 0.05) is 6.54 Å². The first-order chi connectivity index (χ1) is 9.49. The van der Waals surface area contributed by atoms with Crippen LogP contribution in [0.3, 0.4) is 0 Å². The molecule has 0 bridgehead atoms. The van der Waals surface area contributed by atoms with Crippen molar-refractivity contribution in [3.8, 4) is 5.75 Å². The normalized spacial score (nSPS) is 29.4. The zero-order chi connectivity index (χ0) is 14.7. The standard InChI is InChI=1S/C16H23NO3/c1-10-11(2)20-12(3)15(10)16(19)17-9-8-13-4-6-14(18)7-5-13/h4-7,10-12,15,18H,8-9H2,1-3H3,(H,17,19). The third-order valence-electron chi connectivity index (χ3n) is 4.19. The van der Waals surface area contributed by atoms with Crippen molar-refractivity contribution in [1.82, 2.24) is 5.32 Å². The van der Waals surface area contributed by atoms with Crippen LogP contribution in [0.4, 0.5) is 0 Å². The molecular weight excluding hydrogens is 254 g/mol. The number of amides is 1. The van der Waals surface area contributed by atoms with E-state index in [1.54, 1.807) is 12.1 Å². The maximum absolute atomic E-state index is 12.2. The fourth-order valence-electron chi connectivity index (χ4n) is 2.83. The number of rotatable bonds is 4. The predicted molar refractivity (Wildman–Crippen MR) is 77.5 cm³/mol. The fraction of sp³-hybridized carbons (Fsp3) is 0.562. The van der Waals surface area contributed by atoms with Gasteiger partial charge in [0.15, 0.2) is 0 Å². The van der Waals surface area contributed by atoms with Crippen LogP contribution in [0.15, 0.2) is 24.3 Å². The summed E-state index contributed by atoms with van der Waals surface area (Å²) >= 11 is 0. The molecule has 4 atom stereocenters. The van der Waals surface area contributed by atoms with Crippen molar-refractivity contribution in [2.75, 3.05) is 6.54 Å². The van der Waals surface area contributed by atoms with Gasteiger partial charge in [-0.15, -0.1) is 0 Å². The van der Waals surface area contributed by atoms with Crippen LogP contribution < -0.4 is 5.32 Å². The minimum absolute atomic E-state index is 0.0197. The number of carbonyl (C=O) groups excluding carboxylic acids is 1. The Kier molecular flexibility index (Phi) is 4.65. The van der Waals surface area contributed by atoms with Gasteiger partial charge in [-0.1, -0.05) is 19.1 Å². The van der Waals surface area contributed by atoms with Crippen molar-refractivity contribution < 1.29 is 14.6 Å². The Morgan fingerprint density at radius 2 is 1.85 bits per heavy atom. The molecule has 2 N–H and O–H groups in total. The SMILES string of the molecule is CC1OC(C)C(C(=O)NCCc2ccc(O)cc2)C1C. The minimum atomic E-state index is -0.0650. The second kappa shape index (κ2) is 6.27. The van der Waals surface area contributed by atoms with Crippen molar-refractivity contribution in [3.05, 3.63) is 29.8 Å². The molecule has 1 fully saturated rings. The van der Waals surface area contributed by atoms with Gasteiger partial charge in [-0.05, 0) is 43.9 Å². The summed E-state index contributed by atoms with van der Waals surface area (Å²) in [5, 5.41) is 12.2. The zero-order valence-corrected chi connectivity index (χ0v) is 12.3. The average molecular weight is 277 g/mol. The van der Waals surface area contributed by atoms with E-state index in [0.717, 1.165) is 12.0 Å². The number of carbonyl (C=O) groups is 1. The molecule has 4 unspecified atom stereocenters. The van der Waals surface area contributed by atoms with Crippen molar-refractivity contribution in [2.45, 2.75) is 39.4 Å². The molecule has 2 rings (SSSR count). The monoisotopic (exact) mass is 277 g/mol. The van der Waals surface area contributed by atoms with E-state index in [0.29, 0.717) is 6.54 Å². The molecule has 0 saturated carbocycles. The molecule has 0 radical (unpaired) electrons. The van der Waals surface area contributed by atoms with Gasteiger partial charge in [0.1, 0.15) is 5.75 Å². The number of hydrogen-bond acceptors (Lipinski definition) is 3. The Balaban J connectivity index is 1.82. The molecule has 1 amide bonds. The van der Waals surface area contributed by atoms with E-state index in [1.165, 1.54) is 0 Å². The molecule has 0 aliphatic carbocycles. The van der Waals surface area contributed by atoms with E-state index in [4.69, 9.17) is 4.74 Å². The van der Waals surface area contributed by atoms with Gasteiger partial charge in [-0.25, -0.2) is 0 Å². The molecule has 20 heavy (non-hydrogen) atoms. The average Bonchev–Trinajstić information content (AvgIpc) is 2.65. The second-order valence-electron chi connectivity index (χ2n) is 5.64. The van der Waals surface area contributed by atoms with Crippen LogP contribution in [-0.2, 0) is 16.0 Å². The third kappa shape index (κ3) is 3.31. The number of benzene rings is 1. The predicted octanol–water partition coefficient (Wildman–Crippen LogP) is 2.11. The first-order valence-electron chi connectivity index (χ1n) is 7.20. The molecule has 1 aromatic carbocycles. The Morgan fingerprint density at radius 3 is 2.40 bits per heavy atom. The van der Waals surface area contributed by atoms with Crippen molar-refractivity contribution in [3.63, 3.8) is 0 Å². The topological polar surface area (TPSA) is 58.6 Å². The van der Waals surface area contributed by atoms with Gasteiger partial charge in [0.2, 0.25) is 5.91 Å². The third-order valence-corrected chi connectivity index (χ3v) is 4.19. The van der Waals surface area contributed by atoms with E-state index < -0.39 is 0 Å². The molecule has 0 spiro atoms. The summed E-state index contributed by atoms with van der Waals surface area (Å²) in [6, 6.07) is 7.06. The lowest BCUT2D eigenvalue weighted by Crippen LogP contribution is -2.38. The second-order valence-corrected chi connectivity index (χ2v) is 5.64. The Morgan fingerprint density at radius 1 is 1.20 bits per heavy atom. The van der Waals surface area contributed by atoms with Crippen LogP contribution in [0.25, 0.3) is 0 Å². The van der Waals surface area contributed by atoms with Crippen molar-refractivity contribution in [1.29, 1.82) is 0 Å². The van der Waals surface area contributed by atoms with Gasteiger partial charge in [0.25, 0.3) is 0 Å². The van der Waals surface area contributed by atoms with Crippen LogP contribution in [-0.4, -0.2) is 29.8 Å². The number of phenols is 1. The highest BCUT2D eigenvalue weighted by Crippen LogP contribution is 2.32. The quantitative estimate of drug-likeness (QED) is 0.886. The van der Waals surface area contributed by atoms with Gasteiger partial charge in [-0.3, -0.25) is 4.79 Å². The van der Waals surface area contributed by atoms with Gasteiger partial charge < -0.3 is 15.2 Å². The molecule has 1 saturated heterocycles. The first kappa shape index (κ1) is 14.9. The summed E-state index contributed by atoms with van der Waals surface area (Å²) in [7, 11) is 0. The number of aromatic hydroxyl groups is 1. The lowest BCUT2D eigenvalue weighted by Gasteiger charge is -2.17. The number of phenolic OH excluding ortho intramolecular Hbond substituents is 1. The van der Waals surface area contributed by atoms with Gasteiger partial charge in [-0.2, -0.15) is 0 Å². The highest BCUT2D eigenvalue weighted by Gasteiger charge is 2.41. The molecule has 1 heterocycles. The number of nitrogens with one attached hydrogen (secondary N) is 1. The van der Waals surface area contributed by atoms with Crippen LogP contribution in [0.2, 0.25) is 0 Å². The Bertz CT molecular complexity index is 457. The highest BCUT2D eigenvalue weighted by atomic mass is 16.5. The molecule has 1 aromatic rings. The van der Waals surface area contributed by atoms with E-state index in [9.17, 15) is 9.90 Å². The number of ether oxygens (including phenoxy) is 1. The van der Waals surface area contributed by atoms with Crippen LogP contribution in [0.5, 0.6) is 5.75 Å². The van der Waals surface area contributed by atoms with E-state index in [-0.39, 0.29) is 35.7 Å². The number of hydrogen-bond donors (Lipinski definition) is 2. The maximum atomic E-state index is 12.2. The van der Waals surface area contributed by atoms with Crippen molar-refractivity contribution in [2.24, 2.45) is 11.8 Å². The van der Waals surface area contributed by atoms with E-state index >= 15 is 0 Å². The van der Waals surface area contributed by atoms with Crippen LogP contribution >= 0.6 is 0 Å². The van der Waals surface area contributed by atoms with Gasteiger partial charge >= 0.3 is 0 Å². The fourth-order valence-corrected chi connectivity index (χ4v) is 2.83. The molecular formula is C16H23NO3. The highest BCUT2D eigenvalue weighted by molar-refractivity contribution is 5.79. The zero-order valence-electron chi connectivity index (χ0n) is 12.3. The van der Waals surface area contributed by atoms with E-state index in [1.807, 2.05) is 26.0 Å². The summed E-state index contributed by atoms with van der Waals surface area (Å²) in [6.45, 7) is 6.65. The largest absolute Gasteiger partial charge is 0.508 e. The smallest absolute Gasteiger partial charge is 0.226 e. The van der Waals surface area contributed by atoms with Crippen molar-refractivity contribution >= 4 is 5.91 Å². The Hall–Kier alpha value is -1.55. The Labute approximate surface area is 120 Å². The molecule has 110 valence electrons. The van der Waals surface area contributed by atoms with Crippen LogP contribution in [0.1, 0.15) is 26.3 Å².